The lowest BCUT2D eigenvalue weighted by molar-refractivity contribution is 0.394. The number of anilines is 2. The fourth-order valence-electron chi connectivity index (χ4n) is 3.95. The third-order valence-corrected chi connectivity index (χ3v) is 5.93. The molecule has 3 N–H and O–H groups in total. The number of hydrogen-bond donors (Lipinski definition) is 3. The van der Waals surface area contributed by atoms with Crippen LogP contribution in [0.1, 0.15) is 34.4 Å². The fraction of sp³-hybridized carbons (Fsp3) is 0.250. The van der Waals surface area contributed by atoms with Gasteiger partial charge >= 0.3 is 0 Å². The second-order valence-electron chi connectivity index (χ2n) is 8.82. The van der Waals surface area contributed by atoms with Crippen molar-refractivity contribution in [3.8, 4) is 6.07 Å². The van der Waals surface area contributed by atoms with Gasteiger partial charge in [-0.05, 0) is 88.1 Å². The Morgan fingerprint density at radius 1 is 1.09 bits per heavy atom. The fourth-order valence-corrected chi connectivity index (χ4v) is 3.95. The molecule has 0 fully saturated rings. The predicted octanol–water partition coefficient (Wildman–Crippen LogP) is 5.09. The molecule has 7 nitrogen and oxygen atoms in total. The molecule has 0 saturated heterocycles. The first kappa shape index (κ1) is 24.1. The van der Waals surface area contributed by atoms with Gasteiger partial charge in [-0.25, -0.2) is 0 Å². The number of nitriles is 1. The first-order valence-electron chi connectivity index (χ1n) is 11.8. The van der Waals surface area contributed by atoms with Crippen LogP contribution in [-0.2, 0) is 6.54 Å². The lowest BCUT2D eigenvalue weighted by Gasteiger charge is -2.14. The summed E-state index contributed by atoms with van der Waals surface area (Å²) in [5.74, 6) is 0. The first-order chi connectivity index (χ1) is 17.0. The Balaban J connectivity index is 1.48. The lowest BCUT2D eigenvalue weighted by Crippen LogP contribution is -2.21. The van der Waals surface area contributed by atoms with E-state index in [2.05, 4.69) is 69.7 Å². The largest absolute Gasteiger partial charge is 0.361 e. The van der Waals surface area contributed by atoms with Crippen LogP contribution in [0.25, 0.3) is 23.1 Å². The zero-order chi connectivity index (χ0) is 24.6. The number of nitrogens with one attached hydrogen (secondary N) is 3. The van der Waals surface area contributed by atoms with Crippen molar-refractivity contribution >= 4 is 34.4 Å². The molecular weight excluding hydrogens is 434 g/mol. The molecule has 3 aromatic heterocycles. The van der Waals surface area contributed by atoms with E-state index in [4.69, 9.17) is 0 Å². The molecule has 7 heteroatoms. The molecule has 4 aromatic rings. The molecule has 35 heavy (non-hydrogen) atoms. The van der Waals surface area contributed by atoms with Crippen LogP contribution in [0.2, 0.25) is 0 Å². The highest BCUT2D eigenvalue weighted by atomic mass is 15.1. The number of pyridine rings is 2. The lowest BCUT2D eigenvalue weighted by atomic mass is 10.1. The average Bonchev–Trinajstić information content (AvgIpc) is 3.35. The molecule has 0 unspecified atom stereocenters. The third kappa shape index (κ3) is 6.12. The molecule has 0 amide bonds. The Hall–Kier alpha value is -3.99. The summed E-state index contributed by atoms with van der Waals surface area (Å²) in [4.78, 5) is 14.3. The van der Waals surface area contributed by atoms with Gasteiger partial charge in [-0.15, -0.1) is 0 Å². The summed E-state index contributed by atoms with van der Waals surface area (Å²) in [6.45, 7) is 4.93. The van der Waals surface area contributed by atoms with E-state index >= 15 is 0 Å². The number of rotatable bonds is 10. The maximum Gasteiger partial charge on any atom is 0.103 e. The van der Waals surface area contributed by atoms with E-state index in [0.29, 0.717) is 5.56 Å². The minimum Gasteiger partial charge on any atom is -0.361 e. The van der Waals surface area contributed by atoms with Crippen LogP contribution in [0.5, 0.6) is 0 Å². The summed E-state index contributed by atoms with van der Waals surface area (Å²) in [6.07, 6.45) is 12.2. The van der Waals surface area contributed by atoms with Gasteiger partial charge in [0.25, 0.3) is 0 Å². The minimum absolute atomic E-state index is 0.490. The molecule has 1 aromatic carbocycles. The van der Waals surface area contributed by atoms with Crippen LogP contribution in [0.4, 0.5) is 11.4 Å². The highest BCUT2D eigenvalue weighted by Gasteiger charge is 2.11. The maximum absolute atomic E-state index is 9.70. The van der Waals surface area contributed by atoms with E-state index in [9.17, 15) is 5.26 Å². The van der Waals surface area contributed by atoms with Crippen molar-refractivity contribution in [1.82, 2.24) is 25.2 Å². The van der Waals surface area contributed by atoms with E-state index in [1.165, 1.54) is 0 Å². The highest BCUT2D eigenvalue weighted by molar-refractivity contribution is 5.90. The van der Waals surface area contributed by atoms with Gasteiger partial charge in [0.05, 0.1) is 16.9 Å². The molecule has 0 aliphatic carbocycles. The van der Waals surface area contributed by atoms with Gasteiger partial charge in [-0.1, -0.05) is 6.07 Å². The van der Waals surface area contributed by atoms with Gasteiger partial charge in [-0.3, -0.25) is 9.97 Å². The van der Waals surface area contributed by atoms with E-state index in [1.54, 1.807) is 12.4 Å². The van der Waals surface area contributed by atoms with E-state index in [0.717, 1.165) is 70.7 Å². The van der Waals surface area contributed by atoms with Crippen molar-refractivity contribution < 1.29 is 0 Å². The molecule has 0 aliphatic rings. The van der Waals surface area contributed by atoms with Crippen LogP contribution in [-0.4, -0.2) is 47.0 Å². The van der Waals surface area contributed by atoms with E-state index < -0.39 is 0 Å². The zero-order valence-corrected chi connectivity index (χ0v) is 20.5. The normalized spacial score (nSPS) is 11.4. The van der Waals surface area contributed by atoms with Gasteiger partial charge in [0.1, 0.15) is 6.07 Å². The first-order valence-corrected chi connectivity index (χ1v) is 11.8. The SMILES string of the molecule is Cc1c(Nc2c(C#N)cncc2C=Cc2ccc(CNCCCN(C)C)cn2)ccc2[nH]ccc12. The standard InChI is InChI=1S/C28H31N7/c1-20-25-11-13-32-27(25)10-9-26(20)34-28-22(18-31-19-23(28)15-29)6-8-24-7-5-21(17-33-24)16-30-12-4-14-35(2)3/h5-11,13,17-19,30,32H,4,12,14,16H2,1-3H3,(H,31,34). The Bertz CT molecular complexity index is 1340. The summed E-state index contributed by atoms with van der Waals surface area (Å²) in [5, 5.41) is 17.8. The summed E-state index contributed by atoms with van der Waals surface area (Å²) in [5.41, 5.74) is 7.20. The molecular formula is C28H31N7. The Kier molecular flexibility index (Phi) is 7.88. The molecule has 0 atom stereocenters. The van der Waals surface area contributed by atoms with Crippen LogP contribution in [0, 0.1) is 18.3 Å². The Labute approximate surface area is 206 Å². The van der Waals surface area contributed by atoms with E-state index in [1.807, 2.05) is 42.7 Å². The van der Waals surface area contributed by atoms with Gasteiger partial charge in [0.2, 0.25) is 0 Å². The molecule has 0 radical (unpaired) electrons. The molecule has 3 heterocycles. The van der Waals surface area contributed by atoms with Crippen LogP contribution in [0.3, 0.4) is 0 Å². The number of hydrogen-bond acceptors (Lipinski definition) is 6. The predicted molar refractivity (Wildman–Crippen MR) is 143 cm³/mol. The monoisotopic (exact) mass is 465 g/mol. The van der Waals surface area contributed by atoms with Crippen molar-refractivity contribution in [3.05, 3.63) is 83.1 Å². The minimum atomic E-state index is 0.490. The second-order valence-corrected chi connectivity index (χ2v) is 8.82. The van der Waals surface area contributed by atoms with Crippen LogP contribution in [0.15, 0.2) is 55.1 Å². The maximum atomic E-state index is 9.70. The average molecular weight is 466 g/mol. The topological polar surface area (TPSA) is 92.7 Å². The quantitative estimate of drug-likeness (QED) is 0.282. The number of benzene rings is 1. The molecule has 0 spiro atoms. The summed E-state index contributed by atoms with van der Waals surface area (Å²) in [7, 11) is 4.18. The summed E-state index contributed by atoms with van der Waals surface area (Å²) < 4.78 is 0. The Morgan fingerprint density at radius 2 is 1.97 bits per heavy atom. The number of H-pyrrole nitrogens is 1. The number of fused-ring (bicyclic) bond motifs is 1. The van der Waals surface area contributed by atoms with Crippen molar-refractivity contribution in [2.45, 2.75) is 19.9 Å². The molecule has 0 bridgehead atoms. The third-order valence-electron chi connectivity index (χ3n) is 5.93. The molecule has 178 valence electrons. The van der Waals surface area contributed by atoms with E-state index in [-0.39, 0.29) is 0 Å². The number of aromatic amines is 1. The highest BCUT2D eigenvalue weighted by Crippen LogP contribution is 2.31. The summed E-state index contributed by atoms with van der Waals surface area (Å²) >= 11 is 0. The van der Waals surface area contributed by atoms with Crippen molar-refractivity contribution in [2.24, 2.45) is 0 Å². The number of aromatic nitrogens is 3. The van der Waals surface area contributed by atoms with Gasteiger partial charge in [0.15, 0.2) is 0 Å². The van der Waals surface area contributed by atoms with Crippen molar-refractivity contribution in [3.63, 3.8) is 0 Å². The van der Waals surface area contributed by atoms with Crippen LogP contribution >= 0.6 is 0 Å². The van der Waals surface area contributed by atoms with Gasteiger partial charge < -0.3 is 20.5 Å². The van der Waals surface area contributed by atoms with Gasteiger partial charge in [-0.2, -0.15) is 5.26 Å². The zero-order valence-electron chi connectivity index (χ0n) is 20.5. The second kappa shape index (κ2) is 11.4. The van der Waals surface area contributed by atoms with Crippen LogP contribution < -0.4 is 10.6 Å². The molecule has 4 rings (SSSR count). The van der Waals surface area contributed by atoms with Crippen molar-refractivity contribution in [1.29, 1.82) is 5.26 Å². The number of nitrogens with zero attached hydrogens (tertiary/aromatic N) is 4. The van der Waals surface area contributed by atoms with Gasteiger partial charge in [0, 0.05) is 53.5 Å². The molecule has 0 aliphatic heterocycles. The molecule has 0 saturated carbocycles. The smallest absolute Gasteiger partial charge is 0.103 e. The Morgan fingerprint density at radius 3 is 2.74 bits per heavy atom. The summed E-state index contributed by atoms with van der Waals surface area (Å²) in [6, 6.07) is 12.5. The van der Waals surface area contributed by atoms with Crippen molar-refractivity contribution in [2.75, 3.05) is 32.5 Å². The number of aryl methyl sites for hydroxylation is 1.